The van der Waals surface area contributed by atoms with Crippen LogP contribution in [0.1, 0.15) is 50.1 Å². The molecule has 34 heavy (non-hydrogen) atoms. The molecule has 1 atom stereocenters. The van der Waals surface area contributed by atoms with Crippen LogP contribution >= 0.6 is 0 Å². The van der Waals surface area contributed by atoms with Gasteiger partial charge >= 0.3 is 0 Å². The highest BCUT2D eigenvalue weighted by Gasteiger charge is 2.34. The molecule has 2 aromatic rings. The van der Waals surface area contributed by atoms with E-state index in [0.29, 0.717) is 50.0 Å². The molecule has 0 N–H and O–H groups in total. The van der Waals surface area contributed by atoms with Gasteiger partial charge < -0.3 is 14.4 Å². The van der Waals surface area contributed by atoms with Crippen LogP contribution in [-0.4, -0.2) is 50.5 Å². The summed E-state index contributed by atoms with van der Waals surface area (Å²) in [6.07, 6.45) is 5.34. The molecular weight excluding hydrogens is 458 g/mol. The fourth-order valence-corrected chi connectivity index (χ4v) is 6.69. The van der Waals surface area contributed by atoms with Crippen molar-refractivity contribution in [2.24, 2.45) is 0 Å². The summed E-state index contributed by atoms with van der Waals surface area (Å²) in [4.78, 5) is 13.6. The van der Waals surface area contributed by atoms with Crippen molar-refractivity contribution < 1.29 is 22.8 Å². The lowest BCUT2D eigenvalue weighted by Crippen LogP contribution is -2.32. The first-order valence-electron chi connectivity index (χ1n) is 11.9. The van der Waals surface area contributed by atoms with Crippen LogP contribution in [0, 0.1) is 10.1 Å². The van der Waals surface area contributed by atoms with Crippen LogP contribution in [0.4, 0.5) is 11.4 Å². The number of nitro groups is 1. The summed E-state index contributed by atoms with van der Waals surface area (Å²) < 4.78 is 39.3. The number of rotatable bonds is 5. The Morgan fingerprint density at radius 3 is 2.35 bits per heavy atom. The van der Waals surface area contributed by atoms with Crippen LogP contribution in [0.3, 0.4) is 0 Å². The fourth-order valence-electron chi connectivity index (χ4n) is 5.15. The molecule has 0 aliphatic carbocycles. The summed E-state index contributed by atoms with van der Waals surface area (Å²) in [5.41, 5.74) is 1.26. The second-order valence-corrected chi connectivity index (χ2v) is 10.9. The number of hydrogen-bond acceptors (Lipinski definition) is 7. The zero-order chi connectivity index (χ0) is 23.7. The number of nitrogens with zero attached hydrogens (tertiary/aromatic N) is 3. The van der Waals surface area contributed by atoms with Gasteiger partial charge in [0.2, 0.25) is 10.0 Å². The number of fused-ring (bicyclic) bond motifs is 1. The summed E-state index contributed by atoms with van der Waals surface area (Å²) in [7, 11) is -3.78. The normalized spacial score (nSPS) is 21.3. The van der Waals surface area contributed by atoms with Gasteiger partial charge in [0, 0.05) is 25.7 Å². The molecule has 0 saturated carbocycles. The zero-order valence-corrected chi connectivity index (χ0v) is 19.8. The summed E-state index contributed by atoms with van der Waals surface area (Å²) in [5, 5.41) is 12.1. The molecule has 0 aromatic heterocycles. The molecule has 0 radical (unpaired) electrons. The lowest BCUT2D eigenvalue weighted by Gasteiger charge is -2.28. The smallest absolute Gasteiger partial charge is 0.293 e. The molecule has 0 amide bonds. The Labute approximate surface area is 199 Å². The molecule has 2 saturated heterocycles. The van der Waals surface area contributed by atoms with Crippen molar-refractivity contribution in [3.63, 3.8) is 0 Å². The maximum atomic E-state index is 13.2. The second kappa shape index (κ2) is 9.42. The Morgan fingerprint density at radius 2 is 1.62 bits per heavy atom. The minimum Gasteiger partial charge on any atom is -0.486 e. The Balaban J connectivity index is 1.48. The van der Waals surface area contributed by atoms with Gasteiger partial charge in [-0.1, -0.05) is 18.9 Å². The average molecular weight is 488 g/mol. The van der Waals surface area contributed by atoms with Crippen LogP contribution in [0.5, 0.6) is 11.5 Å². The predicted molar refractivity (Wildman–Crippen MR) is 127 cm³/mol. The van der Waals surface area contributed by atoms with Crippen LogP contribution < -0.4 is 14.4 Å². The predicted octanol–water partition coefficient (Wildman–Crippen LogP) is 4.27. The zero-order valence-electron chi connectivity index (χ0n) is 19.0. The molecule has 3 heterocycles. The van der Waals surface area contributed by atoms with E-state index in [-0.39, 0.29) is 16.6 Å². The molecule has 0 spiro atoms. The third-order valence-electron chi connectivity index (χ3n) is 6.86. The van der Waals surface area contributed by atoms with Gasteiger partial charge in [-0.05, 0) is 55.5 Å². The van der Waals surface area contributed by atoms with Gasteiger partial charge in [0.1, 0.15) is 18.9 Å². The number of benzene rings is 2. The van der Waals surface area contributed by atoms with Gasteiger partial charge in [-0.2, -0.15) is 4.31 Å². The van der Waals surface area contributed by atoms with Gasteiger partial charge in [-0.15, -0.1) is 0 Å². The third-order valence-corrected chi connectivity index (χ3v) is 8.75. The largest absolute Gasteiger partial charge is 0.486 e. The van der Waals surface area contributed by atoms with E-state index in [1.165, 1.54) is 16.4 Å². The molecule has 1 unspecified atom stereocenters. The van der Waals surface area contributed by atoms with E-state index in [2.05, 4.69) is 0 Å². The van der Waals surface area contributed by atoms with Crippen LogP contribution in [0.2, 0.25) is 0 Å². The highest BCUT2D eigenvalue weighted by atomic mass is 32.2. The van der Waals surface area contributed by atoms with Gasteiger partial charge in [0.15, 0.2) is 11.5 Å². The van der Waals surface area contributed by atoms with E-state index in [1.807, 2.05) is 23.1 Å². The van der Waals surface area contributed by atoms with Crippen LogP contribution in [0.25, 0.3) is 0 Å². The quantitative estimate of drug-likeness (QED) is 0.458. The van der Waals surface area contributed by atoms with E-state index in [9.17, 15) is 18.5 Å². The number of ether oxygens (including phenoxy) is 2. The van der Waals surface area contributed by atoms with Crippen molar-refractivity contribution in [2.45, 2.75) is 49.5 Å². The summed E-state index contributed by atoms with van der Waals surface area (Å²) in [6, 6.07) is 10.1. The molecule has 5 rings (SSSR count). The molecule has 182 valence electrons. The van der Waals surface area contributed by atoms with E-state index in [0.717, 1.165) is 44.1 Å². The molecule has 3 aliphatic rings. The first-order valence-corrected chi connectivity index (χ1v) is 13.3. The summed E-state index contributed by atoms with van der Waals surface area (Å²) in [6.45, 7) is 2.56. The Kier molecular flexibility index (Phi) is 6.35. The molecule has 2 aromatic carbocycles. The van der Waals surface area contributed by atoms with Gasteiger partial charge in [0.05, 0.1) is 15.9 Å². The van der Waals surface area contributed by atoms with E-state index in [1.54, 1.807) is 6.07 Å². The van der Waals surface area contributed by atoms with Crippen molar-refractivity contribution in [1.82, 2.24) is 4.31 Å². The van der Waals surface area contributed by atoms with Crippen molar-refractivity contribution in [1.29, 1.82) is 0 Å². The molecule has 2 fully saturated rings. The highest BCUT2D eigenvalue weighted by Crippen LogP contribution is 2.43. The van der Waals surface area contributed by atoms with Crippen molar-refractivity contribution >= 4 is 21.4 Å². The second-order valence-electron chi connectivity index (χ2n) is 8.98. The average Bonchev–Trinajstić information content (AvgIpc) is 3.16. The molecule has 3 aliphatic heterocycles. The molecule has 0 bridgehead atoms. The first-order chi connectivity index (χ1) is 16.4. The SMILES string of the molecule is O=[N+]([O-])c1cc(S(=O)(=O)N2CCCCCC2)ccc1N1CCCC1c1ccc2c(c1)OCCO2. The molecular formula is C24H29N3O6S. The summed E-state index contributed by atoms with van der Waals surface area (Å²) in [5.74, 6) is 1.39. The van der Waals surface area contributed by atoms with Crippen LogP contribution in [-0.2, 0) is 10.0 Å². The van der Waals surface area contributed by atoms with Crippen molar-refractivity contribution in [3.8, 4) is 11.5 Å². The summed E-state index contributed by atoms with van der Waals surface area (Å²) >= 11 is 0. The number of sulfonamides is 1. The fraction of sp³-hybridized carbons (Fsp3) is 0.500. The highest BCUT2D eigenvalue weighted by molar-refractivity contribution is 7.89. The van der Waals surface area contributed by atoms with Gasteiger partial charge in [-0.25, -0.2) is 8.42 Å². The topological polar surface area (TPSA) is 102 Å². The van der Waals surface area contributed by atoms with E-state index < -0.39 is 14.9 Å². The Morgan fingerprint density at radius 1 is 0.882 bits per heavy atom. The third kappa shape index (κ3) is 4.32. The van der Waals surface area contributed by atoms with E-state index in [4.69, 9.17) is 9.47 Å². The monoisotopic (exact) mass is 487 g/mol. The first kappa shape index (κ1) is 22.9. The molecule has 10 heteroatoms. The minimum absolute atomic E-state index is 0.0140. The number of anilines is 1. The standard InChI is InChI=1S/C24H29N3O6S/c28-27(29)22-17-19(34(30,31)25-11-3-1-2-4-12-25)8-9-21(22)26-13-5-6-20(26)18-7-10-23-24(16-18)33-15-14-32-23/h7-10,16-17,20H,1-6,11-15H2. The molecule has 9 nitrogen and oxygen atoms in total. The maximum absolute atomic E-state index is 13.2. The Hall–Kier alpha value is -2.85. The minimum atomic E-state index is -3.78. The van der Waals surface area contributed by atoms with Crippen LogP contribution in [0.15, 0.2) is 41.3 Å². The van der Waals surface area contributed by atoms with E-state index >= 15 is 0 Å². The van der Waals surface area contributed by atoms with Gasteiger partial charge in [-0.3, -0.25) is 10.1 Å². The lowest BCUT2D eigenvalue weighted by atomic mass is 10.0. The van der Waals surface area contributed by atoms with Crippen molar-refractivity contribution in [2.75, 3.05) is 37.7 Å². The number of nitro benzene ring substituents is 1. The Bertz CT molecular complexity index is 1180. The lowest BCUT2D eigenvalue weighted by molar-refractivity contribution is -0.384. The maximum Gasteiger partial charge on any atom is 0.293 e. The van der Waals surface area contributed by atoms with Gasteiger partial charge in [0.25, 0.3) is 5.69 Å². The number of hydrogen-bond donors (Lipinski definition) is 0. The van der Waals surface area contributed by atoms with Crippen molar-refractivity contribution in [3.05, 3.63) is 52.1 Å².